The minimum Gasteiger partial charge on any atom is -0.487 e. The van der Waals surface area contributed by atoms with Crippen LogP contribution in [-0.2, 0) is 11.4 Å². The molecule has 0 heterocycles. The molecule has 0 amide bonds. The molecule has 0 aliphatic carbocycles. The third kappa shape index (κ3) is 3.76. The fourth-order valence-electron chi connectivity index (χ4n) is 2.06. The molecular weight excluding hydrogens is 288 g/mol. The monoisotopic (exact) mass is 304 g/mol. The molecule has 2 aromatic rings. The van der Waals surface area contributed by atoms with Crippen LogP contribution >= 0.6 is 11.6 Å². The van der Waals surface area contributed by atoms with Crippen LogP contribution in [0.3, 0.4) is 0 Å². The molecule has 0 aliphatic rings. The van der Waals surface area contributed by atoms with E-state index in [9.17, 15) is 4.79 Å². The van der Waals surface area contributed by atoms with Gasteiger partial charge in [0.05, 0.1) is 10.9 Å². The first kappa shape index (κ1) is 15.4. The van der Waals surface area contributed by atoms with Crippen LogP contribution in [0.15, 0.2) is 42.5 Å². The van der Waals surface area contributed by atoms with Crippen molar-refractivity contribution in [2.75, 3.05) is 0 Å². The van der Waals surface area contributed by atoms with Crippen molar-refractivity contribution >= 4 is 17.6 Å². The SMILES string of the molecule is Cc1cc(C(C)C(=O)O)cc(Cl)c1OCc1ccccc1. The second kappa shape index (κ2) is 6.64. The van der Waals surface area contributed by atoms with E-state index < -0.39 is 11.9 Å². The third-order valence-corrected chi connectivity index (χ3v) is 3.63. The Morgan fingerprint density at radius 2 is 1.95 bits per heavy atom. The molecule has 2 aromatic carbocycles. The number of aliphatic carboxylic acids is 1. The third-order valence-electron chi connectivity index (χ3n) is 3.35. The fraction of sp³-hybridized carbons (Fsp3) is 0.235. The van der Waals surface area contributed by atoms with Gasteiger partial charge < -0.3 is 9.84 Å². The summed E-state index contributed by atoms with van der Waals surface area (Å²) in [5.41, 5.74) is 2.56. The molecule has 0 fully saturated rings. The molecule has 2 rings (SSSR count). The first-order valence-corrected chi connectivity index (χ1v) is 7.06. The summed E-state index contributed by atoms with van der Waals surface area (Å²) in [6.07, 6.45) is 0. The van der Waals surface area contributed by atoms with E-state index >= 15 is 0 Å². The summed E-state index contributed by atoms with van der Waals surface area (Å²) in [6.45, 7) is 3.93. The summed E-state index contributed by atoms with van der Waals surface area (Å²) in [5, 5.41) is 9.50. The van der Waals surface area contributed by atoms with Gasteiger partial charge in [0.2, 0.25) is 0 Å². The van der Waals surface area contributed by atoms with Crippen LogP contribution in [0.25, 0.3) is 0 Å². The van der Waals surface area contributed by atoms with Crippen LogP contribution in [0.1, 0.15) is 29.5 Å². The van der Waals surface area contributed by atoms with Crippen molar-refractivity contribution in [2.24, 2.45) is 0 Å². The van der Waals surface area contributed by atoms with Gasteiger partial charge in [-0.1, -0.05) is 48.0 Å². The molecule has 0 radical (unpaired) electrons. The Morgan fingerprint density at radius 1 is 1.29 bits per heavy atom. The van der Waals surface area contributed by atoms with Crippen LogP contribution in [0.2, 0.25) is 5.02 Å². The number of carboxylic acids is 1. The molecule has 1 atom stereocenters. The van der Waals surface area contributed by atoms with Crippen molar-refractivity contribution in [1.82, 2.24) is 0 Å². The van der Waals surface area contributed by atoms with E-state index in [4.69, 9.17) is 21.4 Å². The van der Waals surface area contributed by atoms with Crippen molar-refractivity contribution in [3.63, 3.8) is 0 Å². The molecule has 4 heteroatoms. The summed E-state index contributed by atoms with van der Waals surface area (Å²) in [4.78, 5) is 11.0. The second-order valence-electron chi connectivity index (χ2n) is 4.98. The number of halogens is 1. The predicted molar refractivity (Wildman–Crippen MR) is 83.0 cm³/mol. The molecule has 0 saturated heterocycles. The van der Waals surface area contributed by atoms with Gasteiger partial charge >= 0.3 is 5.97 Å². The predicted octanol–water partition coefficient (Wildman–Crippen LogP) is 4.42. The first-order chi connectivity index (χ1) is 9.99. The lowest BCUT2D eigenvalue weighted by Gasteiger charge is -2.14. The van der Waals surface area contributed by atoms with Gasteiger partial charge in [-0.2, -0.15) is 0 Å². The fourth-order valence-corrected chi connectivity index (χ4v) is 2.39. The van der Waals surface area contributed by atoms with Gasteiger partial charge in [0.25, 0.3) is 0 Å². The smallest absolute Gasteiger partial charge is 0.310 e. The maximum absolute atomic E-state index is 11.0. The summed E-state index contributed by atoms with van der Waals surface area (Å²) >= 11 is 6.23. The van der Waals surface area contributed by atoms with Gasteiger partial charge in [-0.3, -0.25) is 4.79 Å². The van der Waals surface area contributed by atoms with E-state index in [-0.39, 0.29) is 0 Å². The number of hydrogen-bond donors (Lipinski definition) is 1. The minimum atomic E-state index is -0.872. The molecule has 0 aromatic heterocycles. The quantitative estimate of drug-likeness (QED) is 0.889. The average Bonchev–Trinajstić information content (AvgIpc) is 2.46. The van der Waals surface area contributed by atoms with Gasteiger partial charge in [0.15, 0.2) is 0 Å². The molecule has 21 heavy (non-hydrogen) atoms. The van der Waals surface area contributed by atoms with Gasteiger partial charge in [-0.05, 0) is 36.6 Å². The lowest BCUT2D eigenvalue weighted by atomic mass is 9.99. The Balaban J connectivity index is 2.19. The maximum Gasteiger partial charge on any atom is 0.310 e. The van der Waals surface area contributed by atoms with Crippen molar-refractivity contribution in [3.05, 3.63) is 64.2 Å². The number of rotatable bonds is 5. The zero-order valence-corrected chi connectivity index (χ0v) is 12.7. The highest BCUT2D eigenvalue weighted by Gasteiger charge is 2.17. The lowest BCUT2D eigenvalue weighted by Crippen LogP contribution is -2.08. The molecule has 1 unspecified atom stereocenters. The zero-order chi connectivity index (χ0) is 15.4. The van der Waals surface area contributed by atoms with Crippen molar-refractivity contribution < 1.29 is 14.6 Å². The number of aryl methyl sites for hydroxylation is 1. The standard InChI is InChI=1S/C17H17ClO3/c1-11-8-14(12(2)17(19)20)9-15(18)16(11)21-10-13-6-4-3-5-7-13/h3-9,12H,10H2,1-2H3,(H,19,20). The molecule has 0 spiro atoms. The van der Waals surface area contributed by atoms with Gasteiger partial charge in [0.1, 0.15) is 12.4 Å². The van der Waals surface area contributed by atoms with E-state index in [0.717, 1.165) is 11.1 Å². The molecular formula is C17H17ClO3. The average molecular weight is 305 g/mol. The van der Waals surface area contributed by atoms with Gasteiger partial charge in [0, 0.05) is 0 Å². The Bertz CT molecular complexity index is 615. The highest BCUT2D eigenvalue weighted by Crippen LogP contribution is 2.33. The van der Waals surface area contributed by atoms with Gasteiger partial charge in [-0.15, -0.1) is 0 Å². The Kier molecular flexibility index (Phi) is 4.86. The van der Waals surface area contributed by atoms with E-state index in [1.807, 2.05) is 43.3 Å². The molecule has 0 bridgehead atoms. The molecule has 0 saturated carbocycles. The van der Waals surface area contributed by atoms with Crippen molar-refractivity contribution in [2.45, 2.75) is 26.4 Å². The van der Waals surface area contributed by atoms with Crippen molar-refractivity contribution in [1.29, 1.82) is 0 Å². The summed E-state index contributed by atoms with van der Waals surface area (Å²) in [7, 11) is 0. The van der Waals surface area contributed by atoms with Crippen LogP contribution in [0, 0.1) is 6.92 Å². The molecule has 0 aliphatic heterocycles. The van der Waals surface area contributed by atoms with E-state index in [1.54, 1.807) is 13.0 Å². The van der Waals surface area contributed by atoms with Crippen LogP contribution in [0.4, 0.5) is 0 Å². The summed E-state index contributed by atoms with van der Waals surface area (Å²) < 4.78 is 5.77. The second-order valence-corrected chi connectivity index (χ2v) is 5.39. The Morgan fingerprint density at radius 3 is 2.52 bits per heavy atom. The number of carbonyl (C=O) groups is 1. The van der Waals surface area contributed by atoms with E-state index in [0.29, 0.717) is 22.9 Å². The van der Waals surface area contributed by atoms with Crippen LogP contribution in [-0.4, -0.2) is 11.1 Å². The Labute approximate surface area is 129 Å². The van der Waals surface area contributed by atoms with E-state index in [2.05, 4.69) is 0 Å². The largest absolute Gasteiger partial charge is 0.487 e. The minimum absolute atomic E-state index is 0.426. The van der Waals surface area contributed by atoms with Gasteiger partial charge in [-0.25, -0.2) is 0 Å². The molecule has 3 nitrogen and oxygen atoms in total. The normalized spacial score (nSPS) is 12.0. The van der Waals surface area contributed by atoms with Crippen LogP contribution < -0.4 is 4.74 Å². The number of benzene rings is 2. The number of ether oxygens (including phenoxy) is 1. The lowest BCUT2D eigenvalue weighted by molar-refractivity contribution is -0.138. The topological polar surface area (TPSA) is 46.5 Å². The molecule has 110 valence electrons. The van der Waals surface area contributed by atoms with Crippen LogP contribution in [0.5, 0.6) is 5.75 Å². The molecule has 1 N–H and O–H groups in total. The number of hydrogen-bond acceptors (Lipinski definition) is 2. The summed E-state index contributed by atoms with van der Waals surface area (Å²) in [6, 6.07) is 13.3. The highest BCUT2D eigenvalue weighted by atomic mass is 35.5. The first-order valence-electron chi connectivity index (χ1n) is 6.68. The Hall–Kier alpha value is -2.00. The summed E-state index contributed by atoms with van der Waals surface area (Å²) in [5.74, 6) is -0.866. The highest BCUT2D eigenvalue weighted by molar-refractivity contribution is 6.32. The number of carboxylic acid groups (broad SMARTS) is 1. The maximum atomic E-state index is 11.0. The van der Waals surface area contributed by atoms with Crippen molar-refractivity contribution in [3.8, 4) is 5.75 Å². The van der Waals surface area contributed by atoms with E-state index in [1.165, 1.54) is 0 Å². The zero-order valence-electron chi connectivity index (χ0n) is 12.0.